The number of hydrogen-bond donors (Lipinski definition) is 1. The standard InChI is InChI=1S/C19H17N5O2S/c1-13-4-6-14(7-5-13)10-20-18(25)11-23-19(26)16-9-15(17-3-2-8-27-17)22-24(16)12-21-23/h2-9,12H,10-11H2,1H3,(H,20,25). The van der Waals surface area contributed by atoms with Gasteiger partial charge in [0.05, 0.1) is 4.88 Å². The Bertz CT molecular complexity index is 1140. The molecule has 0 saturated heterocycles. The van der Waals surface area contributed by atoms with Crippen LogP contribution in [0, 0.1) is 6.92 Å². The highest BCUT2D eigenvalue weighted by Crippen LogP contribution is 2.23. The minimum Gasteiger partial charge on any atom is -0.350 e. The fourth-order valence-electron chi connectivity index (χ4n) is 2.69. The van der Waals surface area contributed by atoms with E-state index in [4.69, 9.17) is 0 Å². The predicted molar refractivity (Wildman–Crippen MR) is 104 cm³/mol. The van der Waals surface area contributed by atoms with Crippen molar-refractivity contribution in [2.24, 2.45) is 0 Å². The minimum absolute atomic E-state index is 0.138. The SMILES string of the molecule is Cc1ccc(CNC(=O)Cn2ncn3nc(-c4cccs4)cc3c2=O)cc1. The summed E-state index contributed by atoms with van der Waals surface area (Å²) in [6, 6.07) is 13.5. The molecule has 8 heteroatoms. The fourth-order valence-corrected chi connectivity index (χ4v) is 3.38. The van der Waals surface area contributed by atoms with E-state index in [9.17, 15) is 9.59 Å². The number of carbonyl (C=O) groups is 1. The molecule has 4 rings (SSSR count). The molecule has 27 heavy (non-hydrogen) atoms. The number of hydrogen-bond acceptors (Lipinski definition) is 5. The van der Waals surface area contributed by atoms with Crippen molar-refractivity contribution in [3.05, 3.63) is 75.7 Å². The van der Waals surface area contributed by atoms with Crippen LogP contribution in [0.2, 0.25) is 0 Å². The fraction of sp³-hybridized carbons (Fsp3) is 0.158. The quantitative estimate of drug-likeness (QED) is 0.577. The van der Waals surface area contributed by atoms with Gasteiger partial charge in [-0.3, -0.25) is 9.59 Å². The Kier molecular flexibility index (Phi) is 4.55. The molecule has 136 valence electrons. The molecule has 0 unspecified atom stereocenters. The lowest BCUT2D eigenvalue weighted by Gasteiger charge is -2.07. The maximum Gasteiger partial charge on any atom is 0.293 e. The first-order valence-electron chi connectivity index (χ1n) is 8.42. The van der Waals surface area contributed by atoms with Crippen molar-refractivity contribution in [2.75, 3.05) is 0 Å². The lowest BCUT2D eigenvalue weighted by Crippen LogP contribution is -2.34. The number of fused-ring (bicyclic) bond motifs is 1. The average molecular weight is 379 g/mol. The van der Waals surface area contributed by atoms with Crippen molar-refractivity contribution in [1.82, 2.24) is 24.7 Å². The first kappa shape index (κ1) is 17.2. The summed E-state index contributed by atoms with van der Waals surface area (Å²) in [5, 5.41) is 13.2. The summed E-state index contributed by atoms with van der Waals surface area (Å²) >= 11 is 1.55. The number of amides is 1. The molecule has 0 aliphatic rings. The molecule has 7 nitrogen and oxygen atoms in total. The third-order valence-electron chi connectivity index (χ3n) is 4.17. The van der Waals surface area contributed by atoms with Crippen LogP contribution in [0.5, 0.6) is 0 Å². The maximum atomic E-state index is 12.6. The Hall–Kier alpha value is -3.26. The molecule has 0 saturated carbocycles. The second-order valence-electron chi connectivity index (χ2n) is 6.19. The van der Waals surface area contributed by atoms with Crippen LogP contribution in [-0.4, -0.2) is 25.3 Å². The van der Waals surface area contributed by atoms with Gasteiger partial charge in [0.1, 0.15) is 24.1 Å². The van der Waals surface area contributed by atoms with Crippen LogP contribution in [0.3, 0.4) is 0 Å². The number of carbonyl (C=O) groups excluding carboxylic acids is 1. The molecule has 3 heterocycles. The molecule has 0 fully saturated rings. The van der Waals surface area contributed by atoms with Gasteiger partial charge in [0.25, 0.3) is 5.56 Å². The van der Waals surface area contributed by atoms with Gasteiger partial charge in [-0.1, -0.05) is 35.9 Å². The largest absolute Gasteiger partial charge is 0.350 e. The molecular weight excluding hydrogens is 362 g/mol. The van der Waals surface area contributed by atoms with Gasteiger partial charge in [-0.05, 0) is 30.0 Å². The third kappa shape index (κ3) is 3.65. The monoisotopic (exact) mass is 379 g/mol. The third-order valence-corrected chi connectivity index (χ3v) is 5.06. The summed E-state index contributed by atoms with van der Waals surface area (Å²) in [5.74, 6) is -0.271. The summed E-state index contributed by atoms with van der Waals surface area (Å²) in [5.41, 5.74) is 2.92. The zero-order valence-corrected chi connectivity index (χ0v) is 15.4. The van der Waals surface area contributed by atoms with E-state index in [1.165, 1.54) is 10.8 Å². The van der Waals surface area contributed by atoms with Crippen LogP contribution >= 0.6 is 11.3 Å². The van der Waals surface area contributed by atoms with Gasteiger partial charge in [0, 0.05) is 6.54 Å². The van der Waals surface area contributed by atoms with Crippen LogP contribution in [0.1, 0.15) is 11.1 Å². The number of benzene rings is 1. The highest BCUT2D eigenvalue weighted by atomic mass is 32.1. The van der Waals surface area contributed by atoms with E-state index in [1.807, 2.05) is 48.7 Å². The smallest absolute Gasteiger partial charge is 0.293 e. The zero-order chi connectivity index (χ0) is 18.8. The Balaban J connectivity index is 1.50. The van der Waals surface area contributed by atoms with Crippen molar-refractivity contribution in [2.45, 2.75) is 20.0 Å². The predicted octanol–water partition coefficient (Wildman–Crippen LogP) is 2.24. The van der Waals surface area contributed by atoms with E-state index in [0.29, 0.717) is 17.8 Å². The summed E-state index contributed by atoms with van der Waals surface area (Å²) < 4.78 is 2.60. The molecule has 0 aliphatic heterocycles. The maximum absolute atomic E-state index is 12.6. The summed E-state index contributed by atoms with van der Waals surface area (Å²) in [7, 11) is 0. The van der Waals surface area contributed by atoms with Gasteiger partial charge >= 0.3 is 0 Å². The number of aromatic nitrogens is 4. The van der Waals surface area contributed by atoms with Gasteiger partial charge in [-0.15, -0.1) is 11.3 Å². The number of nitrogens with one attached hydrogen (secondary N) is 1. The molecule has 3 aromatic heterocycles. The Morgan fingerprint density at radius 1 is 1.22 bits per heavy atom. The molecule has 0 aliphatic carbocycles. The van der Waals surface area contributed by atoms with E-state index in [2.05, 4.69) is 15.5 Å². The number of nitrogens with zero attached hydrogens (tertiary/aromatic N) is 4. The first-order valence-corrected chi connectivity index (χ1v) is 9.30. The van der Waals surface area contributed by atoms with Crippen LogP contribution in [0.15, 0.2) is 59.0 Å². The normalized spacial score (nSPS) is 11.0. The van der Waals surface area contributed by atoms with Crippen molar-refractivity contribution >= 4 is 22.8 Å². The van der Waals surface area contributed by atoms with E-state index in [1.54, 1.807) is 17.4 Å². The zero-order valence-electron chi connectivity index (χ0n) is 14.6. The molecule has 1 amide bonds. The lowest BCUT2D eigenvalue weighted by atomic mass is 10.1. The number of thiophene rings is 1. The van der Waals surface area contributed by atoms with Crippen LogP contribution < -0.4 is 10.9 Å². The van der Waals surface area contributed by atoms with E-state index in [0.717, 1.165) is 20.7 Å². The molecule has 1 aromatic carbocycles. The number of aryl methyl sites for hydroxylation is 1. The Morgan fingerprint density at radius 3 is 2.78 bits per heavy atom. The molecule has 0 spiro atoms. The van der Waals surface area contributed by atoms with E-state index < -0.39 is 0 Å². The van der Waals surface area contributed by atoms with E-state index in [-0.39, 0.29) is 18.0 Å². The van der Waals surface area contributed by atoms with Crippen LogP contribution in [0.25, 0.3) is 16.1 Å². The summed E-state index contributed by atoms with van der Waals surface area (Å²) in [6.07, 6.45) is 1.45. The average Bonchev–Trinajstić information content (AvgIpc) is 3.33. The molecule has 1 N–H and O–H groups in total. The van der Waals surface area contributed by atoms with Crippen LogP contribution in [0.4, 0.5) is 0 Å². The first-order chi connectivity index (χ1) is 13.1. The molecule has 0 atom stereocenters. The Morgan fingerprint density at radius 2 is 2.04 bits per heavy atom. The van der Waals surface area contributed by atoms with Gasteiger partial charge in [0.2, 0.25) is 5.91 Å². The molecule has 4 aromatic rings. The van der Waals surface area contributed by atoms with Crippen LogP contribution in [-0.2, 0) is 17.9 Å². The molecular formula is C19H17N5O2S. The second-order valence-corrected chi connectivity index (χ2v) is 7.14. The highest BCUT2D eigenvalue weighted by molar-refractivity contribution is 7.13. The van der Waals surface area contributed by atoms with Gasteiger partial charge < -0.3 is 5.32 Å². The van der Waals surface area contributed by atoms with Crippen molar-refractivity contribution in [3.63, 3.8) is 0 Å². The number of rotatable bonds is 5. The highest BCUT2D eigenvalue weighted by Gasteiger charge is 2.12. The summed E-state index contributed by atoms with van der Waals surface area (Å²) in [4.78, 5) is 25.8. The van der Waals surface area contributed by atoms with Gasteiger partial charge in [0.15, 0.2) is 0 Å². The second kappa shape index (κ2) is 7.16. The minimum atomic E-state index is -0.349. The van der Waals surface area contributed by atoms with Crippen molar-refractivity contribution in [3.8, 4) is 10.6 Å². The summed E-state index contributed by atoms with van der Waals surface area (Å²) in [6.45, 7) is 2.28. The molecule has 0 radical (unpaired) electrons. The Labute approximate surface area is 158 Å². The van der Waals surface area contributed by atoms with Crippen molar-refractivity contribution < 1.29 is 4.79 Å². The van der Waals surface area contributed by atoms with E-state index >= 15 is 0 Å². The van der Waals surface area contributed by atoms with Gasteiger partial charge in [-0.25, -0.2) is 9.20 Å². The topological polar surface area (TPSA) is 81.3 Å². The molecule has 0 bridgehead atoms. The van der Waals surface area contributed by atoms with Crippen molar-refractivity contribution in [1.29, 1.82) is 0 Å². The lowest BCUT2D eigenvalue weighted by molar-refractivity contribution is -0.122. The van der Waals surface area contributed by atoms with Gasteiger partial charge in [-0.2, -0.15) is 10.2 Å².